The highest BCUT2D eigenvalue weighted by Gasteiger charge is 2.06. The maximum Gasteiger partial charge on any atom is 0.272 e. The Kier molecular flexibility index (Phi) is 2.76. The summed E-state index contributed by atoms with van der Waals surface area (Å²) < 4.78 is 0. The molecular formula is C15H12N2O2. The molecule has 2 aromatic carbocycles. The second kappa shape index (κ2) is 4.57. The molecule has 4 nitrogen and oxygen atoms in total. The highest BCUT2D eigenvalue weighted by molar-refractivity contribution is 5.83. The third-order valence-electron chi connectivity index (χ3n) is 3.08. The number of aromatic hydroxyl groups is 1. The molecule has 19 heavy (non-hydrogen) atoms. The molecule has 4 heteroatoms. The van der Waals surface area contributed by atoms with Crippen molar-refractivity contribution in [3.8, 4) is 5.75 Å². The SMILES string of the molecule is O=c1[nH]nc(Cc2ccc(O)cc2)c2ccccc12. The van der Waals surface area contributed by atoms with Crippen LogP contribution in [0.25, 0.3) is 10.8 Å². The van der Waals surface area contributed by atoms with Crippen LogP contribution in [0.4, 0.5) is 0 Å². The number of nitrogens with zero attached hydrogens (tertiary/aromatic N) is 1. The van der Waals surface area contributed by atoms with Crippen molar-refractivity contribution >= 4 is 10.8 Å². The van der Waals surface area contributed by atoms with Crippen molar-refractivity contribution in [3.05, 3.63) is 70.1 Å². The van der Waals surface area contributed by atoms with Gasteiger partial charge in [-0.25, -0.2) is 5.10 Å². The molecule has 0 radical (unpaired) electrons. The molecule has 1 heterocycles. The lowest BCUT2D eigenvalue weighted by molar-refractivity contribution is 0.475. The van der Waals surface area contributed by atoms with Crippen LogP contribution < -0.4 is 5.56 Å². The van der Waals surface area contributed by atoms with E-state index < -0.39 is 0 Å². The zero-order chi connectivity index (χ0) is 13.2. The minimum absolute atomic E-state index is 0.176. The van der Waals surface area contributed by atoms with Crippen molar-refractivity contribution < 1.29 is 5.11 Å². The summed E-state index contributed by atoms with van der Waals surface area (Å²) >= 11 is 0. The van der Waals surface area contributed by atoms with E-state index in [-0.39, 0.29) is 11.3 Å². The van der Waals surface area contributed by atoms with Crippen LogP contribution in [0.5, 0.6) is 5.75 Å². The Hall–Kier alpha value is -2.62. The van der Waals surface area contributed by atoms with Gasteiger partial charge in [-0.2, -0.15) is 5.10 Å². The summed E-state index contributed by atoms with van der Waals surface area (Å²) in [5.74, 6) is 0.239. The molecule has 0 amide bonds. The number of phenolic OH excluding ortho intramolecular Hbond substituents is 1. The number of nitrogens with one attached hydrogen (secondary N) is 1. The summed E-state index contributed by atoms with van der Waals surface area (Å²) in [5, 5.41) is 17.4. The van der Waals surface area contributed by atoms with Crippen LogP contribution in [0.1, 0.15) is 11.3 Å². The van der Waals surface area contributed by atoms with Gasteiger partial charge >= 0.3 is 0 Å². The van der Waals surface area contributed by atoms with E-state index in [1.165, 1.54) is 0 Å². The van der Waals surface area contributed by atoms with Crippen molar-refractivity contribution in [1.82, 2.24) is 10.2 Å². The molecule has 0 aliphatic rings. The predicted octanol–water partition coefficient (Wildman–Crippen LogP) is 2.22. The molecule has 3 aromatic rings. The molecule has 0 bridgehead atoms. The number of hydrogen-bond acceptors (Lipinski definition) is 3. The standard InChI is InChI=1S/C15H12N2O2/c18-11-7-5-10(6-8-11)9-14-12-3-1-2-4-13(12)15(19)17-16-14/h1-8,18H,9H2,(H,17,19). The largest absolute Gasteiger partial charge is 0.508 e. The molecule has 0 aliphatic carbocycles. The number of fused-ring (bicyclic) bond motifs is 1. The van der Waals surface area contributed by atoms with Crippen molar-refractivity contribution in [1.29, 1.82) is 0 Å². The van der Waals surface area contributed by atoms with Gasteiger partial charge in [0.15, 0.2) is 0 Å². The Morgan fingerprint density at radius 3 is 2.42 bits per heavy atom. The molecule has 0 atom stereocenters. The first-order valence-electron chi connectivity index (χ1n) is 5.98. The predicted molar refractivity (Wildman–Crippen MR) is 73.3 cm³/mol. The van der Waals surface area contributed by atoms with E-state index in [1.807, 2.05) is 30.3 Å². The molecule has 1 aromatic heterocycles. The maximum absolute atomic E-state index is 11.7. The van der Waals surface area contributed by atoms with Gasteiger partial charge in [-0.15, -0.1) is 0 Å². The third kappa shape index (κ3) is 2.20. The molecule has 0 saturated carbocycles. The van der Waals surface area contributed by atoms with E-state index in [4.69, 9.17) is 0 Å². The van der Waals surface area contributed by atoms with E-state index in [1.54, 1.807) is 18.2 Å². The maximum atomic E-state index is 11.7. The summed E-state index contributed by atoms with van der Waals surface area (Å²) in [7, 11) is 0. The van der Waals surface area contributed by atoms with Gasteiger partial charge in [0, 0.05) is 11.8 Å². The first-order chi connectivity index (χ1) is 9.24. The minimum Gasteiger partial charge on any atom is -0.508 e. The zero-order valence-corrected chi connectivity index (χ0v) is 10.1. The number of H-pyrrole nitrogens is 1. The van der Waals surface area contributed by atoms with Gasteiger partial charge in [-0.05, 0) is 23.8 Å². The second-order valence-electron chi connectivity index (χ2n) is 4.39. The average molecular weight is 252 g/mol. The van der Waals surface area contributed by atoms with Crippen molar-refractivity contribution in [2.75, 3.05) is 0 Å². The lowest BCUT2D eigenvalue weighted by Crippen LogP contribution is -2.11. The van der Waals surface area contributed by atoms with Crippen LogP contribution in [0, 0.1) is 0 Å². The molecule has 0 aliphatic heterocycles. The van der Waals surface area contributed by atoms with Crippen LogP contribution in [0.15, 0.2) is 53.3 Å². The minimum atomic E-state index is -0.176. The summed E-state index contributed by atoms with van der Waals surface area (Å²) in [6, 6.07) is 14.4. The Morgan fingerprint density at radius 1 is 1.00 bits per heavy atom. The average Bonchev–Trinajstić information content (AvgIpc) is 2.45. The number of hydrogen-bond donors (Lipinski definition) is 2. The van der Waals surface area contributed by atoms with Crippen molar-refractivity contribution in [2.45, 2.75) is 6.42 Å². The normalized spacial score (nSPS) is 10.7. The first-order valence-corrected chi connectivity index (χ1v) is 5.98. The molecule has 94 valence electrons. The van der Waals surface area contributed by atoms with E-state index in [2.05, 4.69) is 10.2 Å². The Labute approximate surface area is 109 Å². The highest BCUT2D eigenvalue weighted by atomic mass is 16.3. The van der Waals surface area contributed by atoms with Gasteiger partial charge in [0.2, 0.25) is 0 Å². The fraction of sp³-hybridized carbons (Fsp3) is 0.0667. The molecule has 3 rings (SSSR count). The molecule has 2 N–H and O–H groups in total. The number of aromatic nitrogens is 2. The van der Waals surface area contributed by atoms with Crippen LogP contribution in [0.2, 0.25) is 0 Å². The number of phenols is 1. The quantitative estimate of drug-likeness (QED) is 0.735. The Bertz CT molecular complexity index is 776. The van der Waals surface area contributed by atoms with Crippen LogP contribution in [-0.4, -0.2) is 15.3 Å². The van der Waals surface area contributed by atoms with E-state index in [9.17, 15) is 9.90 Å². The van der Waals surface area contributed by atoms with Crippen molar-refractivity contribution in [3.63, 3.8) is 0 Å². The Morgan fingerprint density at radius 2 is 1.68 bits per heavy atom. The van der Waals surface area contributed by atoms with E-state index in [0.717, 1.165) is 16.6 Å². The van der Waals surface area contributed by atoms with E-state index in [0.29, 0.717) is 11.8 Å². The molecule has 0 fully saturated rings. The summed E-state index contributed by atoms with van der Waals surface area (Å²) in [6.45, 7) is 0. The number of aromatic amines is 1. The van der Waals surface area contributed by atoms with Gasteiger partial charge in [0.05, 0.1) is 11.1 Å². The van der Waals surface area contributed by atoms with Crippen molar-refractivity contribution in [2.24, 2.45) is 0 Å². The number of rotatable bonds is 2. The fourth-order valence-electron chi connectivity index (χ4n) is 2.11. The molecular weight excluding hydrogens is 240 g/mol. The second-order valence-corrected chi connectivity index (χ2v) is 4.39. The summed E-state index contributed by atoms with van der Waals surface area (Å²) in [5.41, 5.74) is 1.67. The first kappa shape index (κ1) is 11.5. The van der Waals surface area contributed by atoms with Gasteiger partial charge < -0.3 is 5.11 Å². The lowest BCUT2D eigenvalue weighted by atomic mass is 10.0. The monoisotopic (exact) mass is 252 g/mol. The number of benzene rings is 2. The molecule has 0 spiro atoms. The Balaban J connectivity index is 2.08. The fourth-order valence-corrected chi connectivity index (χ4v) is 2.11. The highest BCUT2D eigenvalue weighted by Crippen LogP contribution is 2.17. The molecule has 0 saturated heterocycles. The lowest BCUT2D eigenvalue weighted by Gasteiger charge is -2.05. The summed E-state index contributed by atoms with van der Waals surface area (Å²) in [6.07, 6.45) is 0.609. The topological polar surface area (TPSA) is 66.0 Å². The zero-order valence-electron chi connectivity index (χ0n) is 10.1. The van der Waals surface area contributed by atoms with Gasteiger partial charge in [-0.1, -0.05) is 30.3 Å². The van der Waals surface area contributed by atoms with Gasteiger partial charge in [0.1, 0.15) is 5.75 Å². The summed E-state index contributed by atoms with van der Waals surface area (Å²) in [4.78, 5) is 11.7. The third-order valence-corrected chi connectivity index (χ3v) is 3.08. The smallest absolute Gasteiger partial charge is 0.272 e. The van der Waals surface area contributed by atoms with Crippen LogP contribution in [0.3, 0.4) is 0 Å². The van der Waals surface area contributed by atoms with Gasteiger partial charge in [-0.3, -0.25) is 4.79 Å². The van der Waals surface area contributed by atoms with Gasteiger partial charge in [0.25, 0.3) is 5.56 Å². The van der Waals surface area contributed by atoms with Crippen LogP contribution >= 0.6 is 0 Å². The molecule has 0 unspecified atom stereocenters. The van der Waals surface area contributed by atoms with E-state index >= 15 is 0 Å². The van der Waals surface area contributed by atoms with Crippen LogP contribution in [-0.2, 0) is 6.42 Å².